The molecular formula is C12H16FNO2. The van der Waals surface area contributed by atoms with Gasteiger partial charge in [-0.1, -0.05) is 0 Å². The number of ether oxygens (including phenoxy) is 1. The molecule has 1 saturated carbocycles. The van der Waals surface area contributed by atoms with Crippen molar-refractivity contribution in [3.05, 3.63) is 23.0 Å². The molecule has 0 aromatic heterocycles. The fourth-order valence-corrected chi connectivity index (χ4v) is 2.08. The lowest BCUT2D eigenvalue weighted by Gasteiger charge is -2.19. The summed E-state index contributed by atoms with van der Waals surface area (Å²) >= 11 is 0. The summed E-state index contributed by atoms with van der Waals surface area (Å²) in [4.78, 5) is 0. The minimum absolute atomic E-state index is 0.131. The van der Waals surface area contributed by atoms with Gasteiger partial charge in [0, 0.05) is 17.5 Å². The van der Waals surface area contributed by atoms with Crippen LogP contribution in [-0.2, 0) is 5.41 Å². The van der Waals surface area contributed by atoms with Gasteiger partial charge in [-0.25, -0.2) is 0 Å². The highest BCUT2D eigenvalue weighted by Crippen LogP contribution is 2.52. The van der Waals surface area contributed by atoms with Gasteiger partial charge in [-0.3, -0.25) is 0 Å². The van der Waals surface area contributed by atoms with Crippen LogP contribution in [0.15, 0.2) is 6.07 Å². The average Bonchev–Trinajstić information content (AvgIpc) is 3.06. The molecule has 16 heavy (non-hydrogen) atoms. The van der Waals surface area contributed by atoms with Crippen LogP contribution >= 0.6 is 0 Å². The van der Waals surface area contributed by atoms with Gasteiger partial charge < -0.3 is 15.6 Å². The maximum absolute atomic E-state index is 13.8. The zero-order valence-corrected chi connectivity index (χ0v) is 9.51. The molecule has 1 aliphatic carbocycles. The lowest BCUT2D eigenvalue weighted by atomic mass is 9.93. The van der Waals surface area contributed by atoms with E-state index in [1.165, 1.54) is 7.11 Å². The summed E-state index contributed by atoms with van der Waals surface area (Å²) in [5, 5.41) is 9.52. The van der Waals surface area contributed by atoms with Gasteiger partial charge in [0.15, 0.2) is 11.5 Å². The molecule has 4 heteroatoms. The quantitative estimate of drug-likeness (QED) is 0.825. The van der Waals surface area contributed by atoms with Crippen molar-refractivity contribution < 1.29 is 14.2 Å². The Kier molecular flexibility index (Phi) is 2.54. The van der Waals surface area contributed by atoms with E-state index in [9.17, 15) is 9.50 Å². The number of aromatic hydroxyl groups is 1. The van der Waals surface area contributed by atoms with Crippen LogP contribution in [0, 0.1) is 12.7 Å². The maximum Gasteiger partial charge on any atom is 0.207 e. The second-order valence-corrected chi connectivity index (χ2v) is 4.42. The Balaban J connectivity index is 2.61. The summed E-state index contributed by atoms with van der Waals surface area (Å²) in [7, 11) is 1.41. The van der Waals surface area contributed by atoms with Gasteiger partial charge in [0.2, 0.25) is 5.82 Å². The van der Waals surface area contributed by atoms with Gasteiger partial charge in [-0.05, 0) is 31.4 Å². The minimum Gasteiger partial charge on any atom is -0.505 e. The Morgan fingerprint density at radius 1 is 1.56 bits per heavy atom. The van der Waals surface area contributed by atoms with Crippen molar-refractivity contribution in [2.45, 2.75) is 25.2 Å². The minimum atomic E-state index is -0.683. The summed E-state index contributed by atoms with van der Waals surface area (Å²) in [5.41, 5.74) is 6.88. The summed E-state index contributed by atoms with van der Waals surface area (Å²) in [6.07, 6.45) is 1.90. The van der Waals surface area contributed by atoms with E-state index in [1.807, 2.05) is 0 Å². The number of phenols is 1. The predicted molar refractivity (Wildman–Crippen MR) is 59.3 cm³/mol. The summed E-state index contributed by atoms with van der Waals surface area (Å²) in [6.45, 7) is 2.15. The smallest absolute Gasteiger partial charge is 0.207 e. The summed E-state index contributed by atoms with van der Waals surface area (Å²) in [5.74, 6) is -0.892. The van der Waals surface area contributed by atoms with Crippen LogP contribution in [0.4, 0.5) is 4.39 Å². The Labute approximate surface area is 94.0 Å². The van der Waals surface area contributed by atoms with Gasteiger partial charge in [-0.15, -0.1) is 0 Å². The van der Waals surface area contributed by atoms with Crippen molar-refractivity contribution in [3.8, 4) is 11.5 Å². The normalized spacial score (nSPS) is 17.2. The number of phenolic OH excluding ortho intramolecular Hbond substituents is 1. The zero-order valence-electron chi connectivity index (χ0n) is 9.51. The molecule has 0 amide bonds. The molecule has 0 atom stereocenters. The first kappa shape index (κ1) is 11.2. The van der Waals surface area contributed by atoms with E-state index >= 15 is 0 Å². The largest absolute Gasteiger partial charge is 0.505 e. The Bertz CT molecular complexity index is 428. The summed E-state index contributed by atoms with van der Waals surface area (Å²) < 4.78 is 18.9. The van der Waals surface area contributed by atoms with Crippen LogP contribution in [-0.4, -0.2) is 18.8 Å². The third-order valence-corrected chi connectivity index (χ3v) is 3.41. The third kappa shape index (κ3) is 1.45. The van der Waals surface area contributed by atoms with Gasteiger partial charge >= 0.3 is 0 Å². The van der Waals surface area contributed by atoms with Gasteiger partial charge in [0.05, 0.1) is 7.11 Å². The first-order valence-corrected chi connectivity index (χ1v) is 5.32. The van der Waals surface area contributed by atoms with E-state index in [2.05, 4.69) is 0 Å². The predicted octanol–water partition coefficient (Wildman–Crippen LogP) is 1.84. The molecule has 0 radical (unpaired) electrons. The van der Waals surface area contributed by atoms with Crippen molar-refractivity contribution in [2.24, 2.45) is 5.73 Å². The number of nitrogens with two attached hydrogens (primary N) is 1. The molecule has 88 valence electrons. The van der Waals surface area contributed by atoms with Crippen LogP contribution in [0.2, 0.25) is 0 Å². The van der Waals surface area contributed by atoms with E-state index in [0.29, 0.717) is 12.1 Å². The first-order valence-electron chi connectivity index (χ1n) is 5.32. The van der Waals surface area contributed by atoms with Crippen LogP contribution in [0.3, 0.4) is 0 Å². The zero-order chi connectivity index (χ0) is 11.9. The Morgan fingerprint density at radius 3 is 2.62 bits per heavy atom. The topological polar surface area (TPSA) is 55.5 Å². The number of halogens is 1. The van der Waals surface area contributed by atoms with E-state index in [4.69, 9.17) is 10.5 Å². The molecule has 3 N–H and O–H groups in total. The highest BCUT2D eigenvalue weighted by molar-refractivity contribution is 5.52. The molecule has 0 unspecified atom stereocenters. The lowest BCUT2D eigenvalue weighted by molar-refractivity contribution is 0.354. The molecule has 1 fully saturated rings. The Morgan fingerprint density at radius 2 is 2.19 bits per heavy atom. The van der Waals surface area contributed by atoms with Crippen molar-refractivity contribution in [2.75, 3.05) is 13.7 Å². The highest BCUT2D eigenvalue weighted by Gasteiger charge is 2.46. The van der Waals surface area contributed by atoms with Crippen molar-refractivity contribution >= 4 is 0 Å². The second kappa shape index (κ2) is 3.63. The standard InChI is InChI=1S/C12H16FNO2/c1-7-5-8(12(6-14)3-4-12)11(16-2)9(13)10(7)15/h5,15H,3-4,6,14H2,1-2H3. The van der Waals surface area contributed by atoms with Crippen LogP contribution < -0.4 is 10.5 Å². The fourth-order valence-electron chi connectivity index (χ4n) is 2.08. The molecule has 0 heterocycles. The Hall–Kier alpha value is -1.29. The van der Waals surface area contributed by atoms with Crippen molar-refractivity contribution in [1.82, 2.24) is 0 Å². The van der Waals surface area contributed by atoms with Gasteiger partial charge in [0.1, 0.15) is 0 Å². The lowest BCUT2D eigenvalue weighted by Crippen LogP contribution is -2.21. The fraction of sp³-hybridized carbons (Fsp3) is 0.500. The van der Waals surface area contributed by atoms with Crippen molar-refractivity contribution in [1.29, 1.82) is 0 Å². The third-order valence-electron chi connectivity index (χ3n) is 3.41. The maximum atomic E-state index is 13.8. The average molecular weight is 225 g/mol. The first-order chi connectivity index (χ1) is 7.55. The molecule has 1 aromatic rings. The second-order valence-electron chi connectivity index (χ2n) is 4.42. The molecule has 1 aromatic carbocycles. The number of hydrogen-bond acceptors (Lipinski definition) is 3. The molecule has 1 aliphatic rings. The molecule has 0 bridgehead atoms. The number of benzene rings is 1. The van der Waals surface area contributed by atoms with Gasteiger partial charge in [0.25, 0.3) is 0 Å². The molecule has 0 saturated heterocycles. The van der Waals surface area contributed by atoms with E-state index in [0.717, 1.165) is 18.4 Å². The SMILES string of the molecule is COc1c(C2(CN)CC2)cc(C)c(O)c1F. The van der Waals surface area contributed by atoms with E-state index in [-0.39, 0.29) is 16.9 Å². The van der Waals surface area contributed by atoms with Crippen molar-refractivity contribution in [3.63, 3.8) is 0 Å². The number of methoxy groups -OCH3 is 1. The highest BCUT2D eigenvalue weighted by atomic mass is 19.1. The van der Waals surface area contributed by atoms with Gasteiger partial charge in [-0.2, -0.15) is 4.39 Å². The number of rotatable bonds is 3. The van der Waals surface area contributed by atoms with E-state index < -0.39 is 5.82 Å². The van der Waals surface area contributed by atoms with Crippen LogP contribution in [0.25, 0.3) is 0 Å². The monoisotopic (exact) mass is 225 g/mol. The van der Waals surface area contributed by atoms with Crippen LogP contribution in [0.1, 0.15) is 24.0 Å². The molecule has 0 spiro atoms. The summed E-state index contributed by atoms with van der Waals surface area (Å²) in [6, 6.07) is 1.77. The molecule has 2 rings (SSSR count). The molecule has 0 aliphatic heterocycles. The van der Waals surface area contributed by atoms with Crippen LogP contribution in [0.5, 0.6) is 11.5 Å². The van der Waals surface area contributed by atoms with E-state index in [1.54, 1.807) is 13.0 Å². The molecule has 3 nitrogen and oxygen atoms in total. The molecular weight excluding hydrogens is 209 g/mol. The number of hydrogen-bond donors (Lipinski definition) is 2. The number of aryl methyl sites for hydroxylation is 1.